The SMILES string of the molecule is CN=C(N)S[C@H]1C[C@H](COCc2ccccc2)[C@@H](OCc2ccccc2)[C@H](OCc2ccccc2)C1. The summed E-state index contributed by atoms with van der Waals surface area (Å²) in [5, 5.41) is 0.894. The molecule has 36 heavy (non-hydrogen) atoms. The molecule has 0 radical (unpaired) electrons. The predicted octanol–water partition coefficient (Wildman–Crippen LogP) is 5.83. The van der Waals surface area contributed by atoms with Gasteiger partial charge in [0, 0.05) is 18.2 Å². The molecule has 0 unspecified atom stereocenters. The number of aliphatic imine (C=N–C) groups is 1. The third-order valence-electron chi connectivity index (χ3n) is 6.44. The van der Waals surface area contributed by atoms with E-state index in [1.165, 1.54) is 5.56 Å². The van der Waals surface area contributed by atoms with E-state index in [1.807, 2.05) is 54.6 Å². The first-order valence-electron chi connectivity index (χ1n) is 12.5. The van der Waals surface area contributed by atoms with E-state index in [0.717, 1.165) is 24.0 Å². The average molecular weight is 505 g/mol. The molecule has 0 bridgehead atoms. The van der Waals surface area contributed by atoms with E-state index < -0.39 is 0 Å². The highest BCUT2D eigenvalue weighted by Gasteiger charge is 2.40. The lowest BCUT2D eigenvalue weighted by atomic mass is 9.84. The van der Waals surface area contributed by atoms with Crippen molar-refractivity contribution in [1.82, 2.24) is 0 Å². The fraction of sp³-hybridized carbons (Fsp3) is 0.367. The minimum absolute atomic E-state index is 0.0739. The van der Waals surface area contributed by atoms with Gasteiger partial charge in [0.25, 0.3) is 0 Å². The van der Waals surface area contributed by atoms with E-state index in [9.17, 15) is 0 Å². The second-order valence-corrected chi connectivity index (χ2v) is 10.5. The van der Waals surface area contributed by atoms with Crippen molar-refractivity contribution in [2.75, 3.05) is 13.7 Å². The number of rotatable bonds is 11. The minimum atomic E-state index is -0.0821. The second kappa shape index (κ2) is 14.2. The fourth-order valence-corrected chi connectivity index (χ4v) is 5.68. The summed E-state index contributed by atoms with van der Waals surface area (Å²) in [5.74, 6) is 0.175. The number of hydrogen-bond donors (Lipinski definition) is 1. The molecule has 0 heterocycles. The van der Waals surface area contributed by atoms with E-state index in [1.54, 1.807) is 18.8 Å². The standard InChI is InChI=1S/C30H36N2O3S/c1-32-30(31)36-27-17-26(22-33-19-23-11-5-2-6-12-23)29(35-21-25-15-9-4-10-16-25)28(18-27)34-20-24-13-7-3-8-14-24/h2-16,26-29H,17-22H2,1H3,(H2,31,32)/t26-,27+,28-,29-/m1/s1. The third kappa shape index (κ3) is 8.20. The fourth-order valence-electron chi connectivity index (χ4n) is 4.60. The molecule has 3 aromatic rings. The maximum absolute atomic E-state index is 6.59. The molecule has 1 aliphatic carbocycles. The molecule has 4 rings (SSSR count). The van der Waals surface area contributed by atoms with E-state index in [0.29, 0.717) is 31.6 Å². The Morgan fingerprint density at radius 2 is 1.31 bits per heavy atom. The zero-order valence-electron chi connectivity index (χ0n) is 20.9. The molecule has 0 aliphatic heterocycles. The first-order valence-corrected chi connectivity index (χ1v) is 13.4. The summed E-state index contributed by atoms with van der Waals surface area (Å²) in [6.45, 7) is 2.26. The van der Waals surface area contributed by atoms with Crippen molar-refractivity contribution in [3.63, 3.8) is 0 Å². The number of hydrogen-bond acceptors (Lipinski definition) is 5. The number of amidine groups is 1. The smallest absolute Gasteiger partial charge is 0.153 e. The van der Waals surface area contributed by atoms with Crippen LogP contribution in [0, 0.1) is 5.92 Å². The Morgan fingerprint density at radius 3 is 1.86 bits per heavy atom. The van der Waals surface area contributed by atoms with E-state index in [2.05, 4.69) is 41.4 Å². The summed E-state index contributed by atoms with van der Waals surface area (Å²) >= 11 is 1.63. The molecule has 1 saturated carbocycles. The van der Waals surface area contributed by atoms with Crippen LogP contribution in [0.1, 0.15) is 29.5 Å². The van der Waals surface area contributed by atoms with Gasteiger partial charge in [-0.2, -0.15) is 0 Å². The molecule has 0 spiro atoms. The molecule has 6 heteroatoms. The number of nitrogens with two attached hydrogens (primary N) is 1. The summed E-state index contributed by atoms with van der Waals surface area (Å²) in [6, 6.07) is 30.9. The van der Waals surface area contributed by atoms with Crippen LogP contribution in [0.5, 0.6) is 0 Å². The molecule has 4 atom stereocenters. The van der Waals surface area contributed by atoms with Gasteiger partial charge in [-0.15, -0.1) is 0 Å². The summed E-state index contributed by atoms with van der Waals surface area (Å²) in [4.78, 5) is 4.18. The van der Waals surface area contributed by atoms with Gasteiger partial charge >= 0.3 is 0 Å². The number of ether oxygens (including phenoxy) is 3. The maximum atomic E-state index is 6.59. The monoisotopic (exact) mass is 504 g/mol. The van der Waals surface area contributed by atoms with Gasteiger partial charge in [-0.3, -0.25) is 4.99 Å². The largest absolute Gasteiger partial charge is 0.379 e. The zero-order chi connectivity index (χ0) is 25.0. The quantitative estimate of drug-likeness (QED) is 0.263. The lowest BCUT2D eigenvalue weighted by Crippen LogP contribution is -2.47. The van der Waals surface area contributed by atoms with E-state index in [-0.39, 0.29) is 23.4 Å². The van der Waals surface area contributed by atoms with E-state index in [4.69, 9.17) is 19.9 Å². The highest BCUT2D eigenvalue weighted by Crippen LogP contribution is 2.37. The van der Waals surface area contributed by atoms with Crippen LogP contribution in [-0.2, 0) is 34.0 Å². The van der Waals surface area contributed by atoms with Crippen LogP contribution < -0.4 is 5.73 Å². The summed E-state index contributed by atoms with van der Waals surface area (Å²) in [7, 11) is 1.74. The summed E-state index contributed by atoms with van der Waals surface area (Å²) in [6.07, 6.45) is 1.62. The predicted molar refractivity (Wildman–Crippen MR) is 148 cm³/mol. The molecule has 2 N–H and O–H groups in total. The van der Waals surface area contributed by atoms with Gasteiger partial charge < -0.3 is 19.9 Å². The van der Waals surface area contributed by atoms with Crippen molar-refractivity contribution in [3.05, 3.63) is 108 Å². The van der Waals surface area contributed by atoms with Crippen molar-refractivity contribution < 1.29 is 14.2 Å². The van der Waals surface area contributed by atoms with Gasteiger partial charge in [-0.25, -0.2) is 0 Å². The first kappa shape index (κ1) is 26.4. The van der Waals surface area contributed by atoms with Crippen LogP contribution in [0.3, 0.4) is 0 Å². The first-order chi connectivity index (χ1) is 17.7. The van der Waals surface area contributed by atoms with Gasteiger partial charge in [-0.1, -0.05) is 103 Å². The van der Waals surface area contributed by atoms with Crippen LogP contribution in [0.4, 0.5) is 0 Å². The Hall–Kier alpha value is -2.64. The molecule has 190 valence electrons. The van der Waals surface area contributed by atoms with Crippen molar-refractivity contribution in [2.24, 2.45) is 16.6 Å². The van der Waals surface area contributed by atoms with Crippen LogP contribution in [0.15, 0.2) is 96.0 Å². The van der Waals surface area contributed by atoms with Crippen molar-refractivity contribution in [2.45, 2.75) is 50.1 Å². The molecule has 3 aromatic carbocycles. The Labute approximate surface area is 219 Å². The van der Waals surface area contributed by atoms with Gasteiger partial charge in [0.15, 0.2) is 5.17 Å². The molecule has 1 fully saturated rings. The molecule has 5 nitrogen and oxygen atoms in total. The van der Waals surface area contributed by atoms with Gasteiger partial charge in [0.2, 0.25) is 0 Å². The summed E-state index contributed by atoms with van der Waals surface area (Å²) < 4.78 is 19.4. The molecule has 0 aromatic heterocycles. The van der Waals surface area contributed by atoms with Crippen molar-refractivity contribution >= 4 is 16.9 Å². The number of nitrogens with zero attached hydrogens (tertiary/aromatic N) is 1. The average Bonchev–Trinajstić information content (AvgIpc) is 2.93. The number of thioether (sulfide) groups is 1. The normalized spacial score (nSPS) is 22.4. The van der Waals surface area contributed by atoms with Gasteiger partial charge in [0.1, 0.15) is 0 Å². The lowest BCUT2D eigenvalue weighted by Gasteiger charge is -2.41. The molecule has 1 aliphatic rings. The second-order valence-electron chi connectivity index (χ2n) is 9.13. The van der Waals surface area contributed by atoms with Crippen LogP contribution >= 0.6 is 11.8 Å². The Morgan fingerprint density at radius 1 is 0.778 bits per heavy atom. The Balaban J connectivity index is 1.49. The Bertz CT molecular complexity index is 1050. The molecular formula is C30H36N2O3S. The maximum Gasteiger partial charge on any atom is 0.153 e. The van der Waals surface area contributed by atoms with Gasteiger partial charge in [0.05, 0.1) is 38.6 Å². The molecule has 0 saturated heterocycles. The minimum Gasteiger partial charge on any atom is -0.379 e. The van der Waals surface area contributed by atoms with Crippen LogP contribution in [-0.4, -0.2) is 36.3 Å². The lowest BCUT2D eigenvalue weighted by molar-refractivity contribution is -0.139. The topological polar surface area (TPSA) is 66.1 Å². The van der Waals surface area contributed by atoms with Crippen molar-refractivity contribution in [3.8, 4) is 0 Å². The Kier molecular flexibility index (Phi) is 10.4. The summed E-state index contributed by atoms with van der Waals surface area (Å²) in [5.41, 5.74) is 9.59. The van der Waals surface area contributed by atoms with Gasteiger partial charge in [-0.05, 0) is 29.5 Å². The third-order valence-corrected chi connectivity index (χ3v) is 7.58. The molecule has 0 amide bonds. The van der Waals surface area contributed by atoms with Crippen molar-refractivity contribution in [1.29, 1.82) is 0 Å². The highest BCUT2D eigenvalue weighted by molar-refractivity contribution is 8.14. The molecular weight excluding hydrogens is 468 g/mol. The van der Waals surface area contributed by atoms with Crippen LogP contribution in [0.25, 0.3) is 0 Å². The highest BCUT2D eigenvalue weighted by atomic mass is 32.2. The van der Waals surface area contributed by atoms with E-state index >= 15 is 0 Å². The van der Waals surface area contributed by atoms with Crippen LogP contribution in [0.2, 0.25) is 0 Å². The number of benzene rings is 3. The zero-order valence-corrected chi connectivity index (χ0v) is 21.7.